The van der Waals surface area contributed by atoms with Crippen molar-refractivity contribution in [3.05, 3.63) is 0 Å². The molecule has 0 aliphatic heterocycles. The third-order valence-corrected chi connectivity index (χ3v) is 3.70. The lowest BCUT2D eigenvalue weighted by atomic mass is 10.3. The standard InChI is InChI=1S/C9H19N3O3S/c1-8(13)10-6-7-11-16(14,15)12-9-4-2-3-5-9/h9,11-12H,2-7H2,1H3,(H,10,13). The molecule has 1 aliphatic rings. The molecule has 1 rings (SSSR count). The van der Waals surface area contributed by atoms with Gasteiger partial charge in [-0.1, -0.05) is 12.8 Å². The molecule has 0 aromatic rings. The van der Waals surface area contributed by atoms with Crippen molar-refractivity contribution >= 4 is 16.1 Å². The number of nitrogens with one attached hydrogen (secondary N) is 3. The summed E-state index contributed by atoms with van der Waals surface area (Å²) < 4.78 is 28.0. The zero-order valence-corrected chi connectivity index (χ0v) is 10.3. The quantitative estimate of drug-likeness (QED) is 0.554. The molecule has 0 bridgehead atoms. The van der Waals surface area contributed by atoms with Gasteiger partial charge in [0, 0.05) is 26.1 Å². The molecular weight excluding hydrogens is 230 g/mol. The van der Waals surface area contributed by atoms with Crippen LogP contribution in [0.2, 0.25) is 0 Å². The van der Waals surface area contributed by atoms with Crippen LogP contribution in [0.4, 0.5) is 0 Å². The average Bonchev–Trinajstić information content (AvgIpc) is 2.64. The smallest absolute Gasteiger partial charge is 0.277 e. The Labute approximate surface area is 96.4 Å². The van der Waals surface area contributed by atoms with Gasteiger partial charge < -0.3 is 5.32 Å². The van der Waals surface area contributed by atoms with E-state index < -0.39 is 10.2 Å². The van der Waals surface area contributed by atoms with Gasteiger partial charge in [0.05, 0.1) is 0 Å². The normalized spacial score (nSPS) is 17.6. The first-order valence-electron chi connectivity index (χ1n) is 5.51. The monoisotopic (exact) mass is 249 g/mol. The minimum atomic E-state index is -3.41. The maximum atomic E-state index is 11.5. The Balaban J connectivity index is 2.20. The molecule has 0 heterocycles. The third kappa shape index (κ3) is 5.43. The van der Waals surface area contributed by atoms with E-state index in [1.165, 1.54) is 6.92 Å². The van der Waals surface area contributed by atoms with Gasteiger partial charge >= 0.3 is 0 Å². The molecule has 6 nitrogen and oxygen atoms in total. The molecule has 3 N–H and O–H groups in total. The van der Waals surface area contributed by atoms with Gasteiger partial charge in [0.15, 0.2) is 0 Å². The van der Waals surface area contributed by atoms with Crippen LogP contribution in [-0.2, 0) is 15.0 Å². The van der Waals surface area contributed by atoms with Crippen LogP contribution in [0.15, 0.2) is 0 Å². The first kappa shape index (κ1) is 13.4. The largest absolute Gasteiger partial charge is 0.355 e. The Hall–Kier alpha value is -0.660. The molecule has 1 saturated carbocycles. The highest BCUT2D eigenvalue weighted by Gasteiger charge is 2.20. The molecule has 0 unspecified atom stereocenters. The highest BCUT2D eigenvalue weighted by molar-refractivity contribution is 7.87. The van der Waals surface area contributed by atoms with Gasteiger partial charge in [-0.05, 0) is 12.8 Å². The van der Waals surface area contributed by atoms with Crippen molar-refractivity contribution in [3.63, 3.8) is 0 Å². The zero-order chi connectivity index (χ0) is 12.0. The predicted octanol–water partition coefficient (Wildman–Crippen LogP) is -0.511. The highest BCUT2D eigenvalue weighted by Crippen LogP contribution is 2.17. The summed E-state index contributed by atoms with van der Waals surface area (Å²) >= 11 is 0. The van der Waals surface area contributed by atoms with Gasteiger partial charge in [0.25, 0.3) is 10.2 Å². The number of amides is 1. The summed E-state index contributed by atoms with van der Waals surface area (Å²) in [5.74, 6) is -0.164. The predicted molar refractivity (Wildman–Crippen MR) is 61.0 cm³/mol. The summed E-state index contributed by atoms with van der Waals surface area (Å²) in [6.45, 7) is 1.91. The number of hydrogen-bond acceptors (Lipinski definition) is 3. The maximum Gasteiger partial charge on any atom is 0.277 e. The number of rotatable bonds is 6. The first-order valence-corrected chi connectivity index (χ1v) is 6.99. The SMILES string of the molecule is CC(=O)NCCNS(=O)(=O)NC1CCCC1. The van der Waals surface area contributed by atoms with E-state index >= 15 is 0 Å². The Bertz CT molecular complexity index is 323. The first-order chi connectivity index (χ1) is 7.49. The highest BCUT2D eigenvalue weighted by atomic mass is 32.2. The van der Waals surface area contributed by atoms with Crippen LogP contribution >= 0.6 is 0 Å². The van der Waals surface area contributed by atoms with Crippen LogP contribution in [-0.4, -0.2) is 33.5 Å². The molecule has 0 spiro atoms. The van der Waals surface area contributed by atoms with Crippen molar-refractivity contribution in [2.45, 2.75) is 38.6 Å². The van der Waals surface area contributed by atoms with Crippen molar-refractivity contribution in [3.8, 4) is 0 Å². The van der Waals surface area contributed by atoms with Crippen LogP contribution in [0.1, 0.15) is 32.6 Å². The summed E-state index contributed by atoms with van der Waals surface area (Å²) in [6, 6.07) is 0.0678. The summed E-state index contributed by atoms with van der Waals surface area (Å²) in [7, 11) is -3.41. The lowest BCUT2D eigenvalue weighted by molar-refractivity contribution is -0.118. The second-order valence-electron chi connectivity index (χ2n) is 3.98. The van der Waals surface area contributed by atoms with E-state index in [1.54, 1.807) is 0 Å². The summed E-state index contributed by atoms with van der Waals surface area (Å²) in [4.78, 5) is 10.5. The molecule has 1 fully saturated rings. The number of hydrogen-bond donors (Lipinski definition) is 3. The van der Waals surface area contributed by atoms with Crippen molar-refractivity contribution in [1.82, 2.24) is 14.8 Å². The Morgan fingerprint density at radius 1 is 1.25 bits per heavy atom. The van der Waals surface area contributed by atoms with Crippen LogP contribution in [0, 0.1) is 0 Å². The van der Waals surface area contributed by atoms with Crippen LogP contribution in [0.3, 0.4) is 0 Å². The van der Waals surface area contributed by atoms with Gasteiger partial charge in [-0.25, -0.2) is 4.72 Å². The zero-order valence-electron chi connectivity index (χ0n) is 9.45. The molecule has 16 heavy (non-hydrogen) atoms. The fourth-order valence-electron chi connectivity index (χ4n) is 1.73. The van der Waals surface area contributed by atoms with Crippen LogP contribution in [0.5, 0.6) is 0 Å². The van der Waals surface area contributed by atoms with Gasteiger partial charge in [0.1, 0.15) is 0 Å². The van der Waals surface area contributed by atoms with Crippen molar-refractivity contribution in [2.24, 2.45) is 0 Å². The van der Waals surface area contributed by atoms with Gasteiger partial charge in [-0.2, -0.15) is 13.1 Å². The molecule has 94 valence electrons. The van der Waals surface area contributed by atoms with E-state index in [2.05, 4.69) is 14.8 Å². The molecule has 0 aromatic heterocycles. The van der Waals surface area contributed by atoms with Crippen molar-refractivity contribution < 1.29 is 13.2 Å². The summed E-state index contributed by atoms with van der Waals surface area (Å²) in [5, 5.41) is 2.52. The second-order valence-corrected chi connectivity index (χ2v) is 5.51. The van der Waals surface area contributed by atoms with E-state index in [4.69, 9.17) is 0 Å². The van der Waals surface area contributed by atoms with Gasteiger partial charge in [-0.15, -0.1) is 0 Å². The summed E-state index contributed by atoms with van der Waals surface area (Å²) in [5.41, 5.74) is 0. The minimum absolute atomic E-state index is 0.0678. The van der Waals surface area contributed by atoms with Gasteiger partial charge in [0.2, 0.25) is 5.91 Å². The second kappa shape index (κ2) is 6.17. The topological polar surface area (TPSA) is 87.3 Å². The van der Waals surface area contributed by atoms with E-state index in [-0.39, 0.29) is 18.5 Å². The molecular formula is C9H19N3O3S. The fourth-order valence-corrected chi connectivity index (χ4v) is 2.86. The van der Waals surface area contributed by atoms with E-state index in [1.807, 2.05) is 0 Å². The molecule has 0 radical (unpaired) electrons. The van der Waals surface area contributed by atoms with Crippen LogP contribution < -0.4 is 14.8 Å². The van der Waals surface area contributed by atoms with Crippen molar-refractivity contribution in [1.29, 1.82) is 0 Å². The maximum absolute atomic E-state index is 11.5. The molecule has 1 amide bonds. The van der Waals surface area contributed by atoms with Gasteiger partial charge in [-0.3, -0.25) is 4.79 Å². The van der Waals surface area contributed by atoms with E-state index in [0.717, 1.165) is 25.7 Å². The molecule has 0 aromatic carbocycles. The fraction of sp³-hybridized carbons (Fsp3) is 0.889. The summed E-state index contributed by atoms with van der Waals surface area (Å²) in [6.07, 6.45) is 3.98. The Morgan fingerprint density at radius 3 is 2.44 bits per heavy atom. The molecule has 0 saturated heterocycles. The Morgan fingerprint density at radius 2 is 1.88 bits per heavy atom. The molecule has 1 aliphatic carbocycles. The lowest BCUT2D eigenvalue weighted by Crippen LogP contribution is -2.44. The Kier molecular flexibility index (Phi) is 5.17. The van der Waals surface area contributed by atoms with Crippen molar-refractivity contribution in [2.75, 3.05) is 13.1 Å². The van der Waals surface area contributed by atoms with E-state index in [9.17, 15) is 13.2 Å². The lowest BCUT2D eigenvalue weighted by Gasteiger charge is -2.13. The molecule has 0 atom stereocenters. The number of carbonyl (C=O) groups is 1. The third-order valence-electron chi connectivity index (χ3n) is 2.47. The van der Waals surface area contributed by atoms with Crippen LogP contribution in [0.25, 0.3) is 0 Å². The molecule has 7 heteroatoms. The average molecular weight is 249 g/mol. The minimum Gasteiger partial charge on any atom is -0.355 e. The number of carbonyl (C=O) groups excluding carboxylic acids is 1. The van der Waals surface area contributed by atoms with E-state index in [0.29, 0.717) is 6.54 Å².